The molecular weight excluding hydrogens is 428 g/mol. The molecular formula is C20H26N2O6S2. The minimum Gasteiger partial charge on any atom is -0.496 e. The van der Waals surface area contributed by atoms with Gasteiger partial charge >= 0.3 is 0 Å². The van der Waals surface area contributed by atoms with E-state index in [1.807, 2.05) is 0 Å². The first kappa shape index (κ1) is 23.8. The SMILES string of the molecule is COc1ccc(S(=O)(=O)NC(C)c2ccc(S(C)(=O)=O)cc2)cc1C(=O)NC(C)C. The van der Waals surface area contributed by atoms with Crippen molar-refractivity contribution in [3.63, 3.8) is 0 Å². The van der Waals surface area contributed by atoms with Crippen LogP contribution >= 0.6 is 0 Å². The third-order valence-electron chi connectivity index (χ3n) is 4.29. The Hall–Kier alpha value is -2.43. The Morgan fingerprint density at radius 2 is 1.50 bits per heavy atom. The number of carbonyl (C=O) groups is 1. The molecule has 0 bridgehead atoms. The number of hydrogen-bond acceptors (Lipinski definition) is 6. The van der Waals surface area contributed by atoms with E-state index in [1.165, 1.54) is 37.4 Å². The van der Waals surface area contributed by atoms with E-state index in [9.17, 15) is 21.6 Å². The van der Waals surface area contributed by atoms with E-state index in [2.05, 4.69) is 10.0 Å². The van der Waals surface area contributed by atoms with Crippen molar-refractivity contribution in [3.05, 3.63) is 53.6 Å². The quantitative estimate of drug-likeness (QED) is 0.632. The summed E-state index contributed by atoms with van der Waals surface area (Å²) >= 11 is 0. The average Bonchev–Trinajstić information content (AvgIpc) is 2.66. The lowest BCUT2D eigenvalue weighted by Crippen LogP contribution is -2.31. The van der Waals surface area contributed by atoms with Crippen molar-refractivity contribution >= 4 is 25.8 Å². The predicted octanol–water partition coefficient (Wildman–Crippen LogP) is 2.28. The third-order valence-corrected chi connectivity index (χ3v) is 6.95. The van der Waals surface area contributed by atoms with Gasteiger partial charge in [-0.25, -0.2) is 21.6 Å². The van der Waals surface area contributed by atoms with Crippen LogP contribution in [0.2, 0.25) is 0 Å². The average molecular weight is 455 g/mol. The standard InChI is InChI=1S/C20H26N2O6S2/c1-13(2)21-20(23)18-12-17(10-11-19(18)28-4)30(26,27)22-14(3)15-6-8-16(9-7-15)29(5,24)25/h6-14,22H,1-5H3,(H,21,23). The van der Waals surface area contributed by atoms with Crippen LogP contribution in [0.25, 0.3) is 0 Å². The van der Waals surface area contributed by atoms with Gasteiger partial charge in [-0.1, -0.05) is 12.1 Å². The molecule has 2 N–H and O–H groups in total. The summed E-state index contributed by atoms with van der Waals surface area (Å²) in [7, 11) is -5.90. The molecule has 8 nitrogen and oxygen atoms in total. The summed E-state index contributed by atoms with van der Waals surface area (Å²) in [6.07, 6.45) is 1.10. The van der Waals surface area contributed by atoms with Gasteiger partial charge in [-0.3, -0.25) is 4.79 Å². The van der Waals surface area contributed by atoms with Gasteiger partial charge in [-0.05, 0) is 56.7 Å². The van der Waals surface area contributed by atoms with Crippen LogP contribution in [-0.2, 0) is 19.9 Å². The molecule has 0 saturated heterocycles. The molecule has 1 atom stereocenters. The van der Waals surface area contributed by atoms with Gasteiger partial charge in [0.2, 0.25) is 10.0 Å². The maximum atomic E-state index is 12.9. The van der Waals surface area contributed by atoms with Crippen LogP contribution in [0.5, 0.6) is 5.75 Å². The highest BCUT2D eigenvalue weighted by atomic mass is 32.2. The number of nitrogens with one attached hydrogen (secondary N) is 2. The first-order chi connectivity index (χ1) is 13.8. The van der Waals surface area contributed by atoms with Crippen molar-refractivity contribution in [2.75, 3.05) is 13.4 Å². The Bertz CT molecular complexity index is 1120. The summed E-state index contributed by atoms with van der Waals surface area (Å²) in [6, 6.07) is 9.25. The second kappa shape index (κ2) is 9.15. The van der Waals surface area contributed by atoms with E-state index >= 15 is 0 Å². The van der Waals surface area contributed by atoms with Crippen molar-refractivity contribution in [1.82, 2.24) is 10.0 Å². The smallest absolute Gasteiger partial charge is 0.255 e. The van der Waals surface area contributed by atoms with E-state index in [0.29, 0.717) is 5.56 Å². The van der Waals surface area contributed by atoms with Gasteiger partial charge in [0.1, 0.15) is 5.75 Å². The van der Waals surface area contributed by atoms with Crippen molar-refractivity contribution in [3.8, 4) is 5.75 Å². The Morgan fingerprint density at radius 1 is 0.933 bits per heavy atom. The molecule has 0 saturated carbocycles. The van der Waals surface area contributed by atoms with Crippen LogP contribution in [0.15, 0.2) is 52.3 Å². The zero-order valence-electron chi connectivity index (χ0n) is 17.5. The first-order valence-corrected chi connectivity index (χ1v) is 12.5. The van der Waals surface area contributed by atoms with Gasteiger partial charge < -0.3 is 10.1 Å². The highest BCUT2D eigenvalue weighted by Crippen LogP contribution is 2.24. The van der Waals surface area contributed by atoms with Crippen LogP contribution in [0.3, 0.4) is 0 Å². The largest absolute Gasteiger partial charge is 0.496 e. The molecule has 0 aliphatic rings. The molecule has 1 unspecified atom stereocenters. The topological polar surface area (TPSA) is 119 Å². The summed E-state index contributed by atoms with van der Waals surface area (Å²) in [6.45, 7) is 5.23. The molecule has 2 rings (SSSR count). The zero-order chi connectivity index (χ0) is 22.7. The minimum atomic E-state index is -3.96. The van der Waals surface area contributed by atoms with Crippen LogP contribution in [-0.4, -0.2) is 42.2 Å². The first-order valence-electron chi connectivity index (χ1n) is 9.16. The fourth-order valence-corrected chi connectivity index (χ4v) is 4.63. The summed E-state index contributed by atoms with van der Waals surface area (Å²) in [5.74, 6) is -0.181. The van der Waals surface area contributed by atoms with Crippen molar-refractivity contribution in [1.29, 1.82) is 0 Å². The lowest BCUT2D eigenvalue weighted by Gasteiger charge is -2.17. The molecule has 0 spiro atoms. The number of carbonyl (C=O) groups excluding carboxylic acids is 1. The summed E-state index contributed by atoms with van der Waals surface area (Å²) in [5, 5.41) is 2.71. The van der Waals surface area contributed by atoms with Crippen LogP contribution in [0.4, 0.5) is 0 Å². The van der Waals surface area contributed by atoms with Gasteiger partial charge in [0.25, 0.3) is 5.91 Å². The van der Waals surface area contributed by atoms with Gasteiger partial charge in [0, 0.05) is 18.3 Å². The Balaban J connectivity index is 2.31. The fraction of sp³-hybridized carbons (Fsp3) is 0.350. The van der Waals surface area contributed by atoms with Crippen molar-refractivity contribution < 1.29 is 26.4 Å². The number of sulfone groups is 1. The molecule has 2 aromatic rings. The number of methoxy groups -OCH3 is 1. The Labute approximate surface area is 177 Å². The molecule has 30 heavy (non-hydrogen) atoms. The zero-order valence-corrected chi connectivity index (χ0v) is 19.1. The van der Waals surface area contributed by atoms with E-state index in [0.717, 1.165) is 6.26 Å². The Morgan fingerprint density at radius 3 is 2.00 bits per heavy atom. The van der Waals surface area contributed by atoms with Crippen LogP contribution in [0, 0.1) is 0 Å². The molecule has 10 heteroatoms. The van der Waals surface area contributed by atoms with Gasteiger partial charge in [-0.15, -0.1) is 0 Å². The Kier molecular flexibility index (Phi) is 7.27. The molecule has 0 aliphatic heterocycles. The number of rotatable bonds is 8. The molecule has 0 heterocycles. The minimum absolute atomic E-state index is 0.0863. The van der Waals surface area contributed by atoms with Gasteiger partial charge in [0.05, 0.1) is 22.5 Å². The van der Waals surface area contributed by atoms with Gasteiger partial charge in [0.15, 0.2) is 9.84 Å². The van der Waals surface area contributed by atoms with E-state index in [1.54, 1.807) is 32.9 Å². The number of benzene rings is 2. The lowest BCUT2D eigenvalue weighted by atomic mass is 10.1. The monoisotopic (exact) mass is 454 g/mol. The maximum Gasteiger partial charge on any atom is 0.255 e. The number of ether oxygens (including phenoxy) is 1. The molecule has 0 aliphatic carbocycles. The molecule has 0 radical (unpaired) electrons. The molecule has 1 amide bonds. The second-order valence-electron chi connectivity index (χ2n) is 7.17. The number of hydrogen-bond donors (Lipinski definition) is 2. The van der Waals surface area contributed by atoms with E-state index in [-0.39, 0.29) is 27.1 Å². The molecule has 164 valence electrons. The second-order valence-corrected chi connectivity index (χ2v) is 10.9. The summed E-state index contributed by atoms with van der Waals surface area (Å²) < 4.78 is 56.6. The fourth-order valence-electron chi connectivity index (χ4n) is 2.74. The molecule has 2 aromatic carbocycles. The summed E-state index contributed by atoms with van der Waals surface area (Å²) in [5.41, 5.74) is 0.705. The predicted molar refractivity (Wildman–Crippen MR) is 114 cm³/mol. The number of amides is 1. The van der Waals surface area contributed by atoms with Crippen molar-refractivity contribution in [2.45, 2.75) is 42.6 Å². The van der Waals surface area contributed by atoms with E-state index in [4.69, 9.17) is 4.74 Å². The van der Waals surface area contributed by atoms with E-state index < -0.39 is 31.8 Å². The van der Waals surface area contributed by atoms with Crippen LogP contribution in [0.1, 0.15) is 42.7 Å². The highest BCUT2D eigenvalue weighted by Gasteiger charge is 2.22. The maximum absolute atomic E-state index is 12.9. The summed E-state index contributed by atoms with van der Waals surface area (Å²) in [4.78, 5) is 12.5. The number of sulfonamides is 1. The molecule has 0 fully saturated rings. The van der Waals surface area contributed by atoms with Crippen LogP contribution < -0.4 is 14.8 Å². The lowest BCUT2D eigenvalue weighted by molar-refractivity contribution is 0.0940. The molecule has 0 aromatic heterocycles. The van der Waals surface area contributed by atoms with Gasteiger partial charge in [-0.2, -0.15) is 0 Å². The van der Waals surface area contributed by atoms with Crippen molar-refractivity contribution in [2.24, 2.45) is 0 Å². The third kappa shape index (κ3) is 5.80. The normalized spacial score (nSPS) is 13.1. The highest BCUT2D eigenvalue weighted by molar-refractivity contribution is 7.90.